The zero-order valence-corrected chi connectivity index (χ0v) is 17.1. The van der Waals surface area contributed by atoms with Gasteiger partial charge in [-0.1, -0.05) is 42.5 Å². The van der Waals surface area contributed by atoms with E-state index in [4.69, 9.17) is 4.74 Å². The molecule has 154 valence electrons. The second-order valence-electron chi connectivity index (χ2n) is 7.32. The van der Waals surface area contributed by atoms with E-state index in [0.717, 1.165) is 48.1 Å². The van der Waals surface area contributed by atoms with Gasteiger partial charge in [0.15, 0.2) is 0 Å². The van der Waals surface area contributed by atoms with E-state index in [0.29, 0.717) is 18.0 Å². The molecular weight excluding hydrogens is 378 g/mol. The molecule has 0 aliphatic heterocycles. The van der Waals surface area contributed by atoms with E-state index in [2.05, 4.69) is 10.4 Å². The van der Waals surface area contributed by atoms with Gasteiger partial charge in [0, 0.05) is 11.1 Å². The van der Waals surface area contributed by atoms with Gasteiger partial charge in [0.05, 0.1) is 18.0 Å². The first-order valence-corrected chi connectivity index (χ1v) is 10.4. The van der Waals surface area contributed by atoms with Gasteiger partial charge in [0.25, 0.3) is 5.56 Å². The third-order valence-corrected chi connectivity index (χ3v) is 5.27. The highest BCUT2D eigenvalue weighted by Gasteiger charge is 2.22. The Morgan fingerprint density at radius 3 is 2.50 bits per heavy atom. The number of benzene rings is 2. The number of amides is 1. The van der Waals surface area contributed by atoms with E-state index in [1.807, 2.05) is 49.4 Å². The zero-order chi connectivity index (χ0) is 20.9. The van der Waals surface area contributed by atoms with Crippen molar-refractivity contribution in [3.05, 3.63) is 76.1 Å². The van der Waals surface area contributed by atoms with Gasteiger partial charge in [-0.05, 0) is 50.3 Å². The van der Waals surface area contributed by atoms with Crippen molar-refractivity contribution in [1.82, 2.24) is 9.78 Å². The Hall–Kier alpha value is -3.41. The zero-order valence-electron chi connectivity index (χ0n) is 17.1. The number of carbonyl (C=O) groups excluding carboxylic acids is 1. The largest absolute Gasteiger partial charge is 0.492 e. The van der Waals surface area contributed by atoms with E-state index >= 15 is 0 Å². The number of aromatic nitrogens is 2. The maximum Gasteiger partial charge on any atom is 0.270 e. The molecule has 0 atom stereocenters. The number of fused-ring (bicyclic) bond motifs is 1. The first kappa shape index (κ1) is 19.9. The highest BCUT2D eigenvalue weighted by atomic mass is 16.5. The summed E-state index contributed by atoms with van der Waals surface area (Å²) in [6, 6.07) is 17.1. The van der Waals surface area contributed by atoms with Crippen LogP contribution in [0.2, 0.25) is 0 Å². The van der Waals surface area contributed by atoms with Crippen molar-refractivity contribution in [1.29, 1.82) is 0 Å². The van der Waals surface area contributed by atoms with Crippen LogP contribution in [0.4, 0.5) is 5.69 Å². The summed E-state index contributed by atoms with van der Waals surface area (Å²) in [5.74, 6) is 0.288. The van der Waals surface area contributed by atoms with E-state index < -0.39 is 0 Å². The average Bonchev–Trinajstić information content (AvgIpc) is 2.78. The summed E-state index contributed by atoms with van der Waals surface area (Å²) in [6.07, 6.45) is 3.60. The number of hydrogen-bond acceptors (Lipinski definition) is 4. The monoisotopic (exact) mass is 403 g/mol. The summed E-state index contributed by atoms with van der Waals surface area (Å²) >= 11 is 0. The molecule has 6 heteroatoms. The molecule has 0 fully saturated rings. The van der Waals surface area contributed by atoms with Crippen LogP contribution in [0.15, 0.2) is 59.4 Å². The highest BCUT2D eigenvalue weighted by molar-refractivity contribution is 5.92. The summed E-state index contributed by atoms with van der Waals surface area (Å²) in [5, 5.41) is 7.45. The lowest BCUT2D eigenvalue weighted by Gasteiger charge is -2.20. The molecule has 4 rings (SSSR count). The molecule has 0 saturated heterocycles. The number of carbonyl (C=O) groups is 1. The highest BCUT2D eigenvalue weighted by Crippen LogP contribution is 2.28. The maximum atomic E-state index is 13.1. The standard InChI is InChI=1S/C24H25N3O3/c1-2-30-21-15-9-8-14-20(21)25-22(28)16-27-24(29)19-13-7-6-12-18(19)23(26-27)17-10-4-3-5-11-17/h3-5,8-11,14-15H,2,6-7,12-13,16H2,1H3,(H,25,28). The fourth-order valence-electron chi connectivity index (χ4n) is 3.90. The fourth-order valence-corrected chi connectivity index (χ4v) is 3.90. The number of hydrogen-bond donors (Lipinski definition) is 1. The topological polar surface area (TPSA) is 73.2 Å². The summed E-state index contributed by atoms with van der Waals surface area (Å²) in [4.78, 5) is 25.8. The second-order valence-corrected chi connectivity index (χ2v) is 7.32. The molecule has 0 radical (unpaired) electrons. The van der Waals surface area contributed by atoms with Crippen LogP contribution in [0.3, 0.4) is 0 Å². The number of nitrogens with one attached hydrogen (secondary N) is 1. The Kier molecular flexibility index (Phi) is 5.93. The molecule has 30 heavy (non-hydrogen) atoms. The van der Waals surface area contributed by atoms with E-state index in [-0.39, 0.29) is 18.0 Å². The van der Waals surface area contributed by atoms with E-state index in [9.17, 15) is 9.59 Å². The average molecular weight is 403 g/mol. The lowest BCUT2D eigenvalue weighted by atomic mass is 9.90. The molecular formula is C24H25N3O3. The van der Waals surface area contributed by atoms with Crippen LogP contribution in [0.25, 0.3) is 11.3 Å². The third-order valence-electron chi connectivity index (χ3n) is 5.27. The van der Waals surface area contributed by atoms with E-state index in [1.165, 1.54) is 4.68 Å². The Labute approximate surface area is 175 Å². The molecule has 1 aliphatic rings. The van der Waals surface area contributed by atoms with Crippen LogP contribution in [0.1, 0.15) is 30.9 Å². The molecule has 1 amide bonds. The van der Waals surface area contributed by atoms with Crippen molar-refractivity contribution in [3.8, 4) is 17.0 Å². The molecule has 1 heterocycles. The van der Waals surface area contributed by atoms with Crippen LogP contribution < -0.4 is 15.6 Å². The molecule has 0 saturated carbocycles. The Bertz CT molecular complexity index is 1110. The maximum absolute atomic E-state index is 13.1. The number of nitrogens with zero attached hydrogens (tertiary/aromatic N) is 2. The Balaban J connectivity index is 1.66. The number of ether oxygens (including phenoxy) is 1. The SMILES string of the molecule is CCOc1ccccc1NC(=O)Cn1nc(-c2ccccc2)c2c(c1=O)CCCC2. The number of anilines is 1. The van der Waals surface area contributed by atoms with Crippen molar-refractivity contribution in [2.75, 3.05) is 11.9 Å². The minimum Gasteiger partial charge on any atom is -0.492 e. The molecule has 0 bridgehead atoms. The van der Waals surface area contributed by atoms with Gasteiger partial charge in [0.2, 0.25) is 5.91 Å². The molecule has 6 nitrogen and oxygen atoms in total. The van der Waals surface area contributed by atoms with Gasteiger partial charge in [-0.15, -0.1) is 0 Å². The van der Waals surface area contributed by atoms with Gasteiger partial charge >= 0.3 is 0 Å². The van der Waals surface area contributed by atoms with Gasteiger partial charge in [0.1, 0.15) is 12.3 Å². The lowest BCUT2D eigenvalue weighted by molar-refractivity contribution is -0.117. The second kappa shape index (κ2) is 8.95. The summed E-state index contributed by atoms with van der Waals surface area (Å²) < 4.78 is 6.86. The number of rotatable bonds is 6. The predicted octanol–water partition coefficient (Wildman–Crippen LogP) is 3.83. The van der Waals surface area contributed by atoms with Crippen molar-refractivity contribution < 1.29 is 9.53 Å². The normalized spacial score (nSPS) is 12.8. The first-order chi connectivity index (χ1) is 14.7. The third kappa shape index (κ3) is 4.13. The molecule has 1 aliphatic carbocycles. The molecule has 2 aromatic carbocycles. The van der Waals surface area contributed by atoms with Crippen molar-refractivity contribution in [2.45, 2.75) is 39.2 Å². The van der Waals surface area contributed by atoms with Crippen molar-refractivity contribution in [3.63, 3.8) is 0 Å². The minimum absolute atomic E-state index is 0.146. The van der Waals surface area contributed by atoms with Crippen LogP contribution in [0.5, 0.6) is 5.75 Å². The molecule has 1 aromatic heterocycles. The predicted molar refractivity (Wildman–Crippen MR) is 117 cm³/mol. The van der Waals surface area contributed by atoms with Gasteiger partial charge < -0.3 is 10.1 Å². The van der Waals surface area contributed by atoms with Crippen LogP contribution in [0, 0.1) is 0 Å². The molecule has 1 N–H and O–H groups in total. The van der Waals surface area contributed by atoms with Gasteiger partial charge in [-0.3, -0.25) is 9.59 Å². The van der Waals surface area contributed by atoms with Crippen LogP contribution in [-0.2, 0) is 24.2 Å². The summed E-state index contributed by atoms with van der Waals surface area (Å²) in [5.41, 5.74) is 3.99. The minimum atomic E-state index is -0.313. The van der Waals surface area contributed by atoms with Crippen LogP contribution in [-0.4, -0.2) is 22.3 Å². The Morgan fingerprint density at radius 2 is 1.73 bits per heavy atom. The Morgan fingerprint density at radius 1 is 1.03 bits per heavy atom. The molecule has 0 unspecified atom stereocenters. The summed E-state index contributed by atoms with van der Waals surface area (Å²) in [6.45, 7) is 2.24. The van der Waals surface area contributed by atoms with E-state index in [1.54, 1.807) is 12.1 Å². The molecule has 0 spiro atoms. The van der Waals surface area contributed by atoms with Crippen molar-refractivity contribution >= 4 is 11.6 Å². The van der Waals surface area contributed by atoms with Gasteiger partial charge in [-0.25, -0.2) is 4.68 Å². The van der Waals surface area contributed by atoms with Crippen molar-refractivity contribution in [2.24, 2.45) is 0 Å². The fraction of sp³-hybridized carbons (Fsp3) is 0.292. The summed E-state index contributed by atoms with van der Waals surface area (Å²) in [7, 11) is 0. The van der Waals surface area contributed by atoms with Gasteiger partial charge in [-0.2, -0.15) is 5.10 Å². The lowest BCUT2D eigenvalue weighted by Crippen LogP contribution is -2.34. The smallest absolute Gasteiger partial charge is 0.270 e. The molecule has 3 aromatic rings. The number of para-hydroxylation sites is 2. The quantitative estimate of drug-likeness (QED) is 0.679. The van der Waals surface area contributed by atoms with Crippen LogP contribution >= 0.6 is 0 Å². The first-order valence-electron chi connectivity index (χ1n) is 10.4.